The topological polar surface area (TPSA) is 15.7 Å². The summed E-state index contributed by atoms with van der Waals surface area (Å²) in [5.74, 6) is 1.12. The van der Waals surface area contributed by atoms with Gasteiger partial charge in [-0.3, -0.25) is 0 Å². The number of rotatable bonds is 3. The summed E-state index contributed by atoms with van der Waals surface area (Å²) in [6.07, 6.45) is 6.00. The highest BCUT2D eigenvalue weighted by Gasteiger charge is 2.11. The van der Waals surface area contributed by atoms with Crippen LogP contribution in [-0.4, -0.2) is 37.7 Å². The molecule has 0 aromatic heterocycles. The second-order valence-corrected chi connectivity index (χ2v) is 5.52. The zero-order valence-corrected chi connectivity index (χ0v) is 14.0. The average Bonchev–Trinajstić information content (AvgIpc) is 3.02. The van der Waals surface area contributed by atoms with Crippen LogP contribution < -0.4 is 0 Å². The summed E-state index contributed by atoms with van der Waals surface area (Å²) in [6.45, 7) is 0.674. The lowest BCUT2D eigenvalue weighted by atomic mass is 10.1. The van der Waals surface area contributed by atoms with Gasteiger partial charge in [0.1, 0.15) is 12.1 Å². The van der Waals surface area contributed by atoms with Crippen molar-refractivity contribution in [3.05, 3.63) is 83.9 Å². The van der Waals surface area contributed by atoms with Gasteiger partial charge < -0.3 is 14.5 Å². The summed E-state index contributed by atoms with van der Waals surface area (Å²) in [4.78, 5) is 4.06. The van der Waals surface area contributed by atoms with Crippen LogP contribution in [0, 0.1) is 0 Å². The molecule has 0 unspecified atom stereocenters. The lowest BCUT2D eigenvalue weighted by molar-refractivity contribution is 0.175. The zero-order valence-electron chi connectivity index (χ0n) is 14.0. The Kier molecular flexibility index (Phi) is 6.30. The van der Waals surface area contributed by atoms with E-state index in [1.54, 1.807) is 6.26 Å². The molecule has 3 rings (SSSR count). The fourth-order valence-corrected chi connectivity index (χ4v) is 2.15. The molecule has 2 aromatic carbocycles. The third-order valence-electron chi connectivity index (χ3n) is 3.37. The van der Waals surface area contributed by atoms with Crippen LogP contribution in [0.25, 0.3) is 12.2 Å². The molecule has 0 saturated heterocycles. The molecule has 0 fully saturated rings. The van der Waals surface area contributed by atoms with Gasteiger partial charge in [0.15, 0.2) is 6.73 Å². The Bertz CT molecular complexity index is 592. The highest BCUT2D eigenvalue weighted by atomic mass is 16.5. The molecule has 2 aromatic rings. The molecule has 0 N–H and O–H groups in total. The van der Waals surface area contributed by atoms with E-state index < -0.39 is 0 Å². The highest BCUT2D eigenvalue weighted by Crippen LogP contribution is 2.10. The Morgan fingerprint density at radius 2 is 1.35 bits per heavy atom. The smallest absolute Gasteiger partial charge is 0.161 e. The third kappa shape index (κ3) is 5.55. The van der Waals surface area contributed by atoms with Gasteiger partial charge in [-0.2, -0.15) is 0 Å². The zero-order chi connectivity index (χ0) is 16.5. The van der Waals surface area contributed by atoms with E-state index in [1.807, 2.05) is 67.3 Å². The van der Waals surface area contributed by atoms with Crippen molar-refractivity contribution in [1.82, 2.24) is 9.80 Å². The monoisotopic (exact) mass is 308 g/mol. The molecule has 0 atom stereocenters. The van der Waals surface area contributed by atoms with Crippen LogP contribution >= 0.6 is 0 Å². The van der Waals surface area contributed by atoms with Crippen molar-refractivity contribution in [2.75, 3.05) is 27.9 Å². The van der Waals surface area contributed by atoms with Gasteiger partial charge in [0.25, 0.3) is 0 Å². The molecule has 23 heavy (non-hydrogen) atoms. The van der Waals surface area contributed by atoms with Crippen molar-refractivity contribution >= 4 is 12.2 Å². The van der Waals surface area contributed by atoms with Gasteiger partial charge in [0.2, 0.25) is 0 Å². The van der Waals surface area contributed by atoms with Gasteiger partial charge >= 0.3 is 0 Å². The van der Waals surface area contributed by atoms with Crippen molar-refractivity contribution in [2.45, 2.75) is 0 Å². The Labute approximate surface area is 139 Å². The Balaban J connectivity index is 0.000000185. The first kappa shape index (κ1) is 16.7. The second-order valence-electron chi connectivity index (χ2n) is 5.52. The van der Waals surface area contributed by atoms with E-state index in [-0.39, 0.29) is 0 Å². The summed E-state index contributed by atoms with van der Waals surface area (Å²) in [7, 11) is 5.99. The maximum Gasteiger partial charge on any atom is 0.161 e. The van der Waals surface area contributed by atoms with Crippen LogP contribution in [0.3, 0.4) is 0 Å². The van der Waals surface area contributed by atoms with Crippen molar-refractivity contribution in [3.63, 3.8) is 0 Å². The molecule has 1 aliphatic rings. The van der Waals surface area contributed by atoms with Crippen molar-refractivity contribution in [2.24, 2.45) is 0 Å². The summed E-state index contributed by atoms with van der Waals surface area (Å²) in [5.41, 5.74) is 2.47. The van der Waals surface area contributed by atoms with Crippen LogP contribution in [0.15, 0.2) is 72.7 Å². The van der Waals surface area contributed by atoms with E-state index in [9.17, 15) is 0 Å². The molecule has 1 heterocycles. The predicted molar refractivity (Wildman–Crippen MR) is 97.3 cm³/mol. The minimum absolute atomic E-state index is 0.674. The van der Waals surface area contributed by atoms with E-state index in [4.69, 9.17) is 4.74 Å². The van der Waals surface area contributed by atoms with E-state index in [0.717, 1.165) is 5.82 Å². The summed E-state index contributed by atoms with van der Waals surface area (Å²) < 4.78 is 5.05. The van der Waals surface area contributed by atoms with Gasteiger partial charge in [0, 0.05) is 21.1 Å². The van der Waals surface area contributed by atoms with Gasteiger partial charge in [0.05, 0.1) is 0 Å². The number of hydrogen-bond donors (Lipinski definition) is 0. The van der Waals surface area contributed by atoms with Crippen molar-refractivity contribution in [1.29, 1.82) is 0 Å². The number of nitrogens with zero attached hydrogens (tertiary/aromatic N) is 2. The first-order valence-corrected chi connectivity index (χ1v) is 7.65. The van der Waals surface area contributed by atoms with E-state index in [0.29, 0.717) is 6.73 Å². The third-order valence-corrected chi connectivity index (χ3v) is 3.37. The lowest BCUT2D eigenvalue weighted by Crippen LogP contribution is -2.24. The standard InChI is InChI=1S/C14H12.C6H12N2O/c1-3-7-13(8-4-1)11-12-14-9-5-2-6-10-14;1-7(2)6-4-9-5-8(6)3/h1-12H;4H,5H2,1-3H3. The maximum atomic E-state index is 5.05. The second kappa shape index (κ2) is 8.69. The van der Waals surface area contributed by atoms with Crippen LogP contribution in [0.5, 0.6) is 0 Å². The van der Waals surface area contributed by atoms with E-state index >= 15 is 0 Å². The molecule has 0 aliphatic carbocycles. The quantitative estimate of drug-likeness (QED) is 0.793. The lowest BCUT2D eigenvalue weighted by Gasteiger charge is -2.19. The largest absolute Gasteiger partial charge is 0.477 e. The van der Waals surface area contributed by atoms with Crippen molar-refractivity contribution < 1.29 is 4.74 Å². The number of hydrogen-bond acceptors (Lipinski definition) is 3. The van der Waals surface area contributed by atoms with Crippen LogP contribution in [-0.2, 0) is 4.74 Å². The Morgan fingerprint density at radius 1 is 0.870 bits per heavy atom. The molecular formula is C20H24N2O. The first-order chi connectivity index (χ1) is 11.2. The molecule has 0 radical (unpaired) electrons. The van der Waals surface area contributed by atoms with E-state index in [2.05, 4.69) is 36.4 Å². The molecule has 0 spiro atoms. The van der Waals surface area contributed by atoms with Crippen LogP contribution in [0.1, 0.15) is 11.1 Å². The summed E-state index contributed by atoms with van der Waals surface area (Å²) in [5, 5.41) is 0. The fourth-order valence-electron chi connectivity index (χ4n) is 2.15. The molecule has 0 amide bonds. The molecule has 3 heteroatoms. The van der Waals surface area contributed by atoms with E-state index in [1.165, 1.54) is 11.1 Å². The molecule has 1 aliphatic heterocycles. The highest BCUT2D eigenvalue weighted by molar-refractivity contribution is 5.69. The molecule has 0 bridgehead atoms. The SMILES string of the molecule is C(=Cc1ccccc1)c1ccccc1.CN(C)C1=COCN1C. The number of ether oxygens (including phenoxy) is 1. The minimum atomic E-state index is 0.674. The normalized spacial score (nSPS) is 13.2. The van der Waals surface area contributed by atoms with Gasteiger partial charge in [-0.1, -0.05) is 72.8 Å². The molecule has 3 nitrogen and oxygen atoms in total. The maximum absolute atomic E-state index is 5.05. The first-order valence-electron chi connectivity index (χ1n) is 7.65. The molecule has 0 saturated carbocycles. The summed E-state index contributed by atoms with van der Waals surface area (Å²) >= 11 is 0. The van der Waals surface area contributed by atoms with Gasteiger partial charge in [-0.05, 0) is 11.1 Å². The van der Waals surface area contributed by atoms with Crippen LogP contribution in [0.2, 0.25) is 0 Å². The predicted octanol–water partition coefficient (Wildman–Crippen LogP) is 4.12. The minimum Gasteiger partial charge on any atom is -0.477 e. The summed E-state index contributed by atoms with van der Waals surface area (Å²) in [6, 6.07) is 20.6. The molecule has 120 valence electrons. The average molecular weight is 308 g/mol. The fraction of sp³-hybridized carbons (Fsp3) is 0.200. The Morgan fingerprint density at radius 3 is 1.65 bits per heavy atom. The number of benzene rings is 2. The Hall–Kier alpha value is -2.68. The van der Waals surface area contributed by atoms with Gasteiger partial charge in [-0.25, -0.2) is 0 Å². The molecular weight excluding hydrogens is 284 g/mol. The van der Waals surface area contributed by atoms with Crippen LogP contribution in [0.4, 0.5) is 0 Å². The van der Waals surface area contributed by atoms with Crippen molar-refractivity contribution in [3.8, 4) is 0 Å². The van der Waals surface area contributed by atoms with Gasteiger partial charge in [-0.15, -0.1) is 0 Å².